The summed E-state index contributed by atoms with van der Waals surface area (Å²) in [6, 6.07) is 2.16. The number of benzene rings is 1. The van der Waals surface area contributed by atoms with Crippen LogP contribution < -0.4 is 4.72 Å². The van der Waals surface area contributed by atoms with Crippen LogP contribution in [-0.4, -0.2) is 34.0 Å². The van der Waals surface area contributed by atoms with E-state index < -0.39 is 31.3 Å². The summed E-state index contributed by atoms with van der Waals surface area (Å²) in [4.78, 5) is 9.13. The molecule has 0 unspecified atom stereocenters. The van der Waals surface area contributed by atoms with Gasteiger partial charge in [0.1, 0.15) is 5.82 Å². The average molecular weight is 302 g/mol. The highest BCUT2D eigenvalue weighted by Crippen LogP contribution is 2.24. The van der Waals surface area contributed by atoms with Crippen molar-refractivity contribution in [2.75, 3.05) is 0 Å². The quantitative estimate of drug-likeness (QED) is 0.571. The number of nitro groups is 1. The second kappa shape index (κ2) is 5.26. The highest BCUT2D eigenvalue weighted by molar-refractivity contribution is 7.89. The summed E-state index contributed by atoms with van der Waals surface area (Å²) < 4.78 is 38.9. The van der Waals surface area contributed by atoms with Crippen molar-refractivity contribution < 1.29 is 17.7 Å². The maximum Gasteiger partial charge on any atom is 0.292 e. The van der Waals surface area contributed by atoms with Crippen LogP contribution in [0.3, 0.4) is 0 Å². The molecule has 2 N–H and O–H groups in total. The molecule has 0 aliphatic rings. The summed E-state index contributed by atoms with van der Waals surface area (Å²) >= 11 is 0. The number of halogens is 1. The molecule has 0 spiro atoms. The zero-order valence-corrected chi connectivity index (χ0v) is 10.5. The van der Waals surface area contributed by atoms with Crippen molar-refractivity contribution in [1.82, 2.24) is 25.3 Å². The van der Waals surface area contributed by atoms with Gasteiger partial charge >= 0.3 is 0 Å². The molecule has 1 aromatic carbocycles. The Morgan fingerprint density at radius 2 is 2.20 bits per heavy atom. The monoisotopic (exact) mass is 302 g/mol. The molecule has 0 aliphatic carbocycles. The van der Waals surface area contributed by atoms with Crippen molar-refractivity contribution in [3.8, 4) is 0 Å². The fraction of sp³-hybridized carbons (Fsp3) is 0.125. The van der Waals surface area contributed by atoms with E-state index in [1.54, 1.807) is 0 Å². The van der Waals surface area contributed by atoms with Gasteiger partial charge in [-0.05, 0) is 12.1 Å². The Labute approximate surface area is 111 Å². The summed E-state index contributed by atoms with van der Waals surface area (Å²) in [7, 11) is -4.21. The van der Waals surface area contributed by atoms with Crippen molar-refractivity contribution >= 4 is 15.7 Å². The van der Waals surface area contributed by atoms with Gasteiger partial charge in [0.15, 0.2) is 10.7 Å². The molecule has 12 heteroatoms. The van der Waals surface area contributed by atoms with Crippen LogP contribution >= 0.6 is 0 Å². The number of H-pyrrole nitrogens is 1. The SMILES string of the molecule is O=[N+]([O-])c1cc(F)ccc1S(=O)(=O)NCc1nn[nH]n1. The molecule has 0 saturated carbocycles. The Morgan fingerprint density at radius 3 is 2.80 bits per heavy atom. The fourth-order valence-electron chi connectivity index (χ4n) is 1.36. The van der Waals surface area contributed by atoms with Gasteiger partial charge in [0, 0.05) is 0 Å². The second-order valence-corrected chi connectivity index (χ2v) is 5.26. The lowest BCUT2D eigenvalue weighted by Crippen LogP contribution is -2.24. The predicted molar refractivity (Wildman–Crippen MR) is 61.3 cm³/mol. The summed E-state index contributed by atoms with van der Waals surface area (Å²) in [6.45, 7) is -0.312. The van der Waals surface area contributed by atoms with Gasteiger partial charge in [-0.15, -0.1) is 10.2 Å². The molecular formula is C8H7FN6O4S. The number of aromatic nitrogens is 4. The number of rotatable bonds is 5. The molecule has 0 fully saturated rings. The molecule has 0 radical (unpaired) electrons. The Kier molecular flexibility index (Phi) is 3.67. The maximum atomic E-state index is 13.0. The first kappa shape index (κ1) is 14.0. The highest BCUT2D eigenvalue weighted by Gasteiger charge is 2.26. The highest BCUT2D eigenvalue weighted by atomic mass is 32.2. The Morgan fingerprint density at radius 1 is 1.45 bits per heavy atom. The van der Waals surface area contributed by atoms with Gasteiger partial charge in [-0.3, -0.25) is 10.1 Å². The zero-order valence-electron chi connectivity index (χ0n) is 9.65. The lowest BCUT2D eigenvalue weighted by Gasteiger charge is -2.05. The van der Waals surface area contributed by atoms with Crippen molar-refractivity contribution in [1.29, 1.82) is 0 Å². The predicted octanol–water partition coefficient (Wildman–Crippen LogP) is -0.275. The Bertz CT molecular complexity index is 731. The largest absolute Gasteiger partial charge is 0.292 e. The summed E-state index contributed by atoms with van der Waals surface area (Å²) in [6.07, 6.45) is 0. The number of sulfonamides is 1. The van der Waals surface area contributed by atoms with Crippen LogP contribution in [0, 0.1) is 15.9 Å². The molecule has 2 aromatic rings. The van der Waals surface area contributed by atoms with E-state index in [2.05, 4.69) is 25.3 Å². The van der Waals surface area contributed by atoms with Crippen LogP contribution in [0.2, 0.25) is 0 Å². The van der Waals surface area contributed by atoms with Gasteiger partial charge in [-0.25, -0.2) is 17.5 Å². The number of hydrogen-bond acceptors (Lipinski definition) is 7. The van der Waals surface area contributed by atoms with Crippen LogP contribution in [0.4, 0.5) is 10.1 Å². The van der Waals surface area contributed by atoms with Crippen LogP contribution in [0.25, 0.3) is 0 Å². The first-order chi connectivity index (χ1) is 9.40. The van der Waals surface area contributed by atoms with E-state index in [0.29, 0.717) is 6.07 Å². The topological polar surface area (TPSA) is 144 Å². The molecule has 0 saturated heterocycles. The standard InChI is InChI=1S/C8H7FN6O4S/c9-5-1-2-7(6(3-5)15(16)17)20(18,19)10-4-8-11-13-14-12-8/h1-3,10H,4H2,(H,11,12,13,14). The van der Waals surface area contributed by atoms with Gasteiger partial charge < -0.3 is 0 Å². The van der Waals surface area contributed by atoms with E-state index in [9.17, 15) is 22.9 Å². The summed E-state index contributed by atoms with van der Waals surface area (Å²) in [5, 5.41) is 23.1. The van der Waals surface area contributed by atoms with Crippen LogP contribution in [0.1, 0.15) is 5.82 Å². The number of tetrazole rings is 1. The molecule has 106 valence electrons. The molecule has 20 heavy (non-hydrogen) atoms. The molecule has 2 rings (SSSR count). The van der Waals surface area contributed by atoms with Crippen LogP contribution in [0.5, 0.6) is 0 Å². The van der Waals surface area contributed by atoms with Gasteiger partial charge in [0.05, 0.1) is 17.5 Å². The van der Waals surface area contributed by atoms with E-state index in [1.807, 2.05) is 0 Å². The third kappa shape index (κ3) is 2.92. The minimum atomic E-state index is -4.21. The molecule has 0 amide bonds. The smallest absolute Gasteiger partial charge is 0.258 e. The van der Waals surface area contributed by atoms with E-state index in [-0.39, 0.29) is 12.4 Å². The van der Waals surface area contributed by atoms with Crippen molar-refractivity contribution in [2.24, 2.45) is 0 Å². The lowest BCUT2D eigenvalue weighted by atomic mass is 10.3. The molecular weight excluding hydrogens is 295 g/mol. The van der Waals surface area contributed by atoms with Gasteiger partial charge in [0.2, 0.25) is 10.0 Å². The average Bonchev–Trinajstić information content (AvgIpc) is 2.89. The van der Waals surface area contributed by atoms with Crippen molar-refractivity contribution in [2.45, 2.75) is 11.4 Å². The van der Waals surface area contributed by atoms with Crippen molar-refractivity contribution in [3.05, 3.63) is 40.0 Å². The minimum Gasteiger partial charge on any atom is -0.258 e. The van der Waals surface area contributed by atoms with E-state index in [0.717, 1.165) is 12.1 Å². The van der Waals surface area contributed by atoms with Gasteiger partial charge in [-0.1, -0.05) is 5.21 Å². The molecule has 0 bridgehead atoms. The molecule has 1 heterocycles. The normalized spacial score (nSPS) is 11.4. The molecule has 1 aromatic heterocycles. The molecule has 0 atom stereocenters. The first-order valence-electron chi connectivity index (χ1n) is 5.06. The Balaban J connectivity index is 2.31. The van der Waals surface area contributed by atoms with Crippen LogP contribution in [0.15, 0.2) is 23.1 Å². The zero-order chi connectivity index (χ0) is 14.8. The Hall–Kier alpha value is -2.47. The molecule has 10 nitrogen and oxygen atoms in total. The second-order valence-electron chi connectivity index (χ2n) is 3.52. The summed E-state index contributed by atoms with van der Waals surface area (Å²) in [5.41, 5.74) is -0.856. The van der Waals surface area contributed by atoms with Gasteiger partial charge in [0.25, 0.3) is 5.69 Å². The van der Waals surface area contributed by atoms with Gasteiger partial charge in [-0.2, -0.15) is 5.21 Å². The summed E-state index contributed by atoms with van der Waals surface area (Å²) in [5.74, 6) is -0.854. The maximum absolute atomic E-state index is 13.0. The number of nitrogens with zero attached hydrogens (tertiary/aromatic N) is 4. The number of nitro benzene ring substituents is 1. The number of aromatic amines is 1. The number of hydrogen-bond donors (Lipinski definition) is 2. The van der Waals surface area contributed by atoms with Crippen LogP contribution in [-0.2, 0) is 16.6 Å². The van der Waals surface area contributed by atoms with E-state index in [4.69, 9.17) is 0 Å². The third-order valence-corrected chi connectivity index (χ3v) is 3.67. The van der Waals surface area contributed by atoms with E-state index in [1.165, 1.54) is 0 Å². The third-order valence-electron chi connectivity index (χ3n) is 2.22. The fourth-order valence-corrected chi connectivity index (χ4v) is 2.49. The first-order valence-corrected chi connectivity index (χ1v) is 6.54. The lowest BCUT2D eigenvalue weighted by molar-refractivity contribution is -0.388. The van der Waals surface area contributed by atoms with Crippen molar-refractivity contribution in [3.63, 3.8) is 0 Å². The van der Waals surface area contributed by atoms with E-state index >= 15 is 0 Å². The molecule has 0 aliphatic heterocycles. The minimum absolute atomic E-state index is 0.0540. The number of nitrogens with one attached hydrogen (secondary N) is 2.